The van der Waals surface area contributed by atoms with Crippen LogP contribution in [0.1, 0.15) is 28.2 Å². The zero-order valence-corrected chi connectivity index (χ0v) is 15.4. The molecule has 1 aliphatic rings. The zero-order valence-electron chi connectivity index (χ0n) is 14.6. The topological polar surface area (TPSA) is 88.7 Å². The van der Waals surface area contributed by atoms with Crippen LogP contribution >= 0.6 is 0 Å². The number of hydrogen-bond donors (Lipinski definition) is 0. The summed E-state index contributed by atoms with van der Waals surface area (Å²) in [5.41, 5.74) is 1.60. The van der Waals surface area contributed by atoms with E-state index in [1.807, 2.05) is 0 Å². The maximum Gasteiger partial charge on any atom is 0.257 e. The number of hydrogen-bond acceptors (Lipinski definition) is 5. The highest BCUT2D eigenvalue weighted by Crippen LogP contribution is 2.24. The van der Waals surface area contributed by atoms with Crippen molar-refractivity contribution in [3.8, 4) is 0 Å². The van der Waals surface area contributed by atoms with Gasteiger partial charge in [-0.2, -0.15) is 9.40 Å². The predicted molar refractivity (Wildman–Crippen MR) is 90.7 cm³/mol. The molecule has 2 aromatic rings. The maximum atomic E-state index is 13.1. The van der Waals surface area contributed by atoms with Crippen LogP contribution in [0.15, 0.2) is 27.9 Å². The van der Waals surface area contributed by atoms with E-state index in [0.717, 1.165) is 0 Å². The quantitative estimate of drug-likeness (QED) is 0.813. The fourth-order valence-electron chi connectivity index (χ4n) is 3.16. The molecule has 3 heterocycles. The third-order valence-electron chi connectivity index (χ3n) is 4.55. The van der Waals surface area contributed by atoms with E-state index in [1.165, 1.54) is 16.8 Å². The van der Waals surface area contributed by atoms with Crippen LogP contribution in [-0.4, -0.2) is 59.5 Å². The molecule has 136 valence electrons. The van der Waals surface area contributed by atoms with Gasteiger partial charge in [0.1, 0.15) is 11.2 Å². The number of amides is 1. The molecular weight excluding hydrogens is 344 g/mol. The SMILES string of the molecule is Cc1nn(C)c(C)c1S(=O)(=O)N1CCCN(C(=O)c2ccoc2)CC1. The third-order valence-corrected chi connectivity index (χ3v) is 6.70. The van der Waals surface area contributed by atoms with Crippen molar-refractivity contribution in [2.75, 3.05) is 26.2 Å². The molecule has 0 saturated carbocycles. The Morgan fingerprint density at radius 3 is 2.56 bits per heavy atom. The number of carbonyl (C=O) groups is 1. The lowest BCUT2D eigenvalue weighted by atomic mass is 10.3. The molecule has 9 heteroatoms. The van der Waals surface area contributed by atoms with Crippen LogP contribution in [-0.2, 0) is 17.1 Å². The van der Waals surface area contributed by atoms with Crippen LogP contribution in [0.4, 0.5) is 0 Å². The number of furan rings is 1. The van der Waals surface area contributed by atoms with Crippen molar-refractivity contribution in [1.82, 2.24) is 19.0 Å². The third kappa shape index (κ3) is 3.21. The molecule has 0 unspecified atom stereocenters. The number of aromatic nitrogens is 2. The Labute approximate surface area is 147 Å². The van der Waals surface area contributed by atoms with Crippen LogP contribution in [0.25, 0.3) is 0 Å². The smallest absolute Gasteiger partial charge is 0.257 e. The Balaban J connectivity index is 1.80. The fraction of sp³-hybridized carbons (Fsp3) is 0.500. The largest absolute Gasteiger partial charge is 0.472 e. The van der Waals surface area contributed by atoms with E-state index in [-0.39, 0.29) is 17.3 Å². The Kier molecular flexibility index (Phi) is 4.70. The monoisotopic (exact) mass is 366 g/mol. The molecule has 0 aromatic carbocycles. The molecule has 3 rings (SSSR count). The van der Waals surface area contributed by atoms with Gasteiger partial charge < -0.3 is 9.32 Å². The molecule has 0 N–H and O–H groups in total. The lowest BCUT2D eigenvalue weighted by molar-refractivity contribution is 0.0763. The predicted octanol–water partition coefficient (Wildman–Crippen LogP) is 1.17. The first-order valence-corrected chi connectivity index (χ1v) is 9.58. The molecule has 1 aliphatic heterocycles. The van der Waals surface area contributed by atoms with E-state index in [2.05, 4.69) is 5.10 Å². The minimum Gasteiger partial charge on any atom is -0.472 e. The van der Waals surface area contributed by atoms with Crippen molar-refractivity contribution in [2.45, 2.75) is 25.2 Å². The van der Waals surface area contributed by atoms with Gasteiger partial charge >= 0.3 is 0 Å². The molecule has 0 atom stereocenters. The van der Waals surface area contributed by atoms with Gasteiger partial charge in [-0.25, -0.2) is 8.42 Å². The average molecular weight is 366 g/mol. The Bertz CT molecular complexity index is 870. The van der Waals surface area contributed by atoms with Gasteiger partial charge in [-0.15, -0.1) is 0 Å². The summed E-state index contributed by atoms with van der Waals surface area (Å²) in [6, 6.07) is 1.62. The fourth-order valence-corrected chi connectivity index (χ4v) is 5.03. The van der Waals surface area contributed by atoms with Crippen molar-refractivity contribution in [1.29, 1.82) is 0 Å². The number of nitrogens with zero attached hydrogens (tertiary/aromatic N) is 4. The van der Waals surface area contributed by atoms with E-state index in [4.69, 9.17) is 4.42 Å². The lowest BCUT2D eigenvalue weighted by Crippen LogP contribution is -2.37. The molecule has 2 aromatic heterocycles. The van der Waals surface area contributed by atoms with E-state index < -0.39 is 10.0 Å². The van der Waals surface area contributed by atoms with Gasteiger partial charge in [-0.3, -0.25) is 9.48 Å². The number of sulfonamides is 1. The zero-order chi connectivity index (χ0) is 18.2. The van der Waals surface area contributed by atoms with E-state index in [0.29, 0.717) is 43.0 Å². The Morgan fingerprint density at radius 2 is 1.96 bits per heavy atom. The molecular formula is C16H22N4O4S. The summed E-state index contributed by atoms with van der Waals surface area (Å²) in [6.45, 7) is 4.96. The van der Waals surface area contributed by atoms with Crippen molar-refractivity contribution in [3.05, 3.63) is 35.5 Å². The van der Waals surface area contributed by atoms with Crippen molar-refractivity contribution >= 4 is 15.9 Å². The molecule has 0 spiro atoms. The Morgan fingerprint density at radius 1 is 1.20 bits per heavy atom. The molecule has 0 radical (unpaired) electrons. The molecule has 0 bridgehead atoms. The van der Waals surface area contributed by atoms with E-state index in [9.17, 15) is 13.2 Å². The molecule has 25 heavy (non-hydrogen) atoms. The van der Waals surface area contributed by atoms with Crippen LogP contribution in [0.3, 0.4) is 0 Å². The second kappa shape index (κ2) is 6.64. The maximum absolute atomic E-state index is 13.1. The summed E-state index contributed by atoms with van der Waals surface area (Å²) in [4.78, 5) is 14.4. The molecule has 1 fully saturated rings. The van der Waals surface area contributed by atoms with Crippen LogP contribution in [0, 0.1) is 13.8 Å². The summed E-state index contributed by atoms with van der Waals surface area (Å²) in [7, 11) is -1.90. The number of carbonyl (C=O) groups excluding carboxylic acids is 1. The average Bonchev–Trinajstić information content (AvgIpc) is 3.08. The minimum absolute atomic E-state index is 0.137. The van der Waals surface area contributed by atoms with Crippen LogP contribution in [0.2, 0.25) is 0 Å². The van der Waals surface area contributed by atoms with Gasteiger partial charge in [0, 0.05) is 33.2 Å². The van der Waals surface area contributed by atoms with Gasteiger partial charge in [0.05, 0.1) is 23.2 Å². The summed E-state index contributed by atoms with van der Waals surface area (Å²) in [5.74, 6) is -0.137. The van der Waals surface area contributed by atoms with Crippen molar-refractivity contribution in [2.24, 2.45) is 7.05 Å². The highest BCUT2D eigenvalue weighted by molar-refractivity contribution is 7.89. The van der Waals surface area contributed by atoms with Crippen molar-refractivity contribution in [3.63, 3.8) is 0 Å². The second-order valence-electron chi connectivity index (χ2n) is 6.19. The van der Waals surface area contributed by atoms with Crippen LogP contribution < -0.4 is 0 Å². The molecule has 8 nitrogen and oxygen atoms in total. The first-order valence-electron chi connectivity index (χ1n) is 8.14. The van der Waals surface area contributed by atoms with Gasteiger partial charge in [-0.05, 0) is 26.3 Å². The summed E-state index contributed by atoms with van der Waals surface area (Å²) in [6.07, 6.45) is 3.45. The van der Waals surface area contributed by atoms with Crippen LogP contribution in [0.5, 0.6) is 0 Å². The molecule has 1 amide bonds. The van der Waals surface area contributed by atoms with E-state index >= 15 is 0 Å². The summed E-state index contributed by atoms with van der Waals surface area (Å²) < 4.78 is 34.1. The Hall–Kier alpha value is -2.13. The van der Waals surface area contributed by atoms with Gasteiger partial charge in [0.25, 0.3) is 5.91 Å². The number of rotatable bonds is 3. The molecule has 0 aliphatic carbocycles. The highest BCUT2D eigenvalue weighted by atomic mass is 32.2. The lowest BCUT2D eigenvalue weighted by Gasteiger charge is -2.21. The number of aryl methyl sites for hydroxylation is 2. The second-order valence-corrected chi connectivity index (χ2v) is 8.06. The standard InChI is InChI=1S/C16H22N4O4S/c1-12-15(13(2)18(3)17-12)25(22,23)20-7-4-6-19(8-9-20)16(21)14-5-10-24-11-14/h5,10-11H,4,6-9H2,1-3H3. The summed E-state index contributed by atoms with van der Waals surface area (Å²) in [5, 5.41) is 4.21. The first kappa shape index (κ1) is 17.7. The van der Waals surface area contributed by atoms with E-state index in [1.54, 1.807) is 36.5 Å². The minimum atomic E-state index is -3.64. The van der Waals surface area contributed by atoms with Crippen molar-refractivity contribution < 1.29 is 17.6 Å². The highest BCUT2D eigenvalue weighted by Gasteiger charge is 2.32. The molecule has 1 saturated heterocycles. The summed E-state index contributed by atoms with van der Waals surface area (Å²) >= 11 is 0. The van der Waals surface area contributed by atoms with Gasteiger partial charge in [-0.1, -0.05) is 0 Å². The van der Waals surface area contributed by atoms with Gasteiger partial charge in [0.15, 0.2) is 0 Å². The van der Waals surface area contributed by atoms with Gasteiger partial charge in [0.2, 0.25) is 10.0 Å². The normalized spacial score (nSPS) is 16.8. The first-order chi connectivity index (χ1) is 11.8.